The van der Waals surface area contributed by atoms with E-state index in [1.54, 1.807) is 0 Å². The van der Waals surface area contributed by atoms with Crippen LogP contribution in [0, 0.1) is 0 Å². The number of nitrogens with zero attached hydrogens (tertiary/aromatic N) is 2. The summed E-state index contributed by atoms with van der Waals surface area (Å²) >= 11 is 6.00. The van der Waals surface area contributed by atoms with E-state index in [0.29, 0.717) is 11.9 Å². The van der Waals surface area contributed by atoms with Crippen molar-refractivity contribution in [1.29, 1.82) is 0 Å². The molecule has 1 aliphatic heterocycles. The molecule has 2 heterocycles. The van der Waals surface area contributed by atoms with Gasteiger partial charge in [0.15, 0.2) is 0 Å². The maximum atomic E-state index is 6.00. The van der Waals surface area contributed by atoms with Crippen molar-refractivity contribution in [3.05, 3.63) is 23.4 Å². The summed E-state index contributed by atoms with van der Waals surface area (Å²) in [5.74, 6) is 1.59. The van der Waals surface area contributed by atoms with E-state index in [2.05, 4.69) is 37.8 Å². The number of anilines is 1. The molecule has 0 N–H and O–H groups in total. The summed E-state index contributed by atoms with van der Waals surface area (Å²) in [6, 6.07) is 4.60. The van der Waals surface area contributed by atoms with Crippen LogP contribution in [0.15, 0.2) is 12.1 Å². The summed E-state index contributed by atoms with van der Waals surface area (Å²) in [7, 11) is 0. The summed E-state index contributed by atoms with van der Waals surface area (Å²) in [6.45, 7) is 8.12. The van der Waals surface area contributed by atoms with Gasteiger partial charge in [0, 0.05) is 18.1 Å². The topological polar surface area (TPSA) is 25.4 Å². The van der Waals surface area contributed by atoms with Crippen LogP contribution in [-0.2, 0) is 17.0 Å². The van der Waals surface area contributed by atoms with Crippen LogP contribution < -0.4 is 4.90 Å². The van der Waals surface area contributed by atoms with Gasteiger partial charge in [-0.15, -0.1) is 11.6 Å². The lowest BCUT2D eigenvalue weighted by Gasteiger charge is -2.38. The zero-order valence-electron chi connectivity index (χ0n) is 12.0. The number of ether oxygens (including phenoxy) is 1. The highest BCUT2D eigenvalue weighted by molar-refractivity contribution is 6.17. The van der Waals surface area contributed by atoms with Gasteiger partial charge in [-0.3, -0.25) is 0 Å². The first kappa shape index (κ1) is 14.6. The Morgan fingerprint density at radius 2 is 2.21 bits per heavy atom. The number of aromatic nitrogens is 1. The molecule has 0 bridgehead atoms. The number of rotatable bonds is 4. The second kappa shape index (κ2) is 6.58. The molecule has 0 aromatic carbocycles. The van der Waals surface area contributed by atoms with Crippen molar-refractivity contribution >= 4 is 17.4 Å². The second-order valence-corrected chi connectivity index (χ2v) is 5.62. The third-order valence-corrected chi connectivity index (χ3v) is 3.80. The van der Waals surface area contributed by atoms with Gasteiger partial charge in [-0.25, -0.2) is 4.98 Å². The van der Waals surface area contributed by atoms with Crippen LogP contribution in [0.25, 0.3) is 0 Å². The van der Waals surface area contributed by atoms with E-state index in [4.69, 9.17) is 21.3 Å². The molecule has 0 aliphatic carbocycles. The van der Waals surface area contributed by atoms with Crippen molar-refractivity contribution in [2.45, 2.75) is 51.6 Å². The predicted molar refractivity (Wildman–Crippen MR) is 80.0 cm³/mol. The Bertz CT molecular complexity index is 425. The number of pyridine rings is 1. The SMILES string of the molecule is CCCc1cc(CCl)cc(N2CC(C)OCC2C)n1. The molecule has 3 nitrogen and oxygen atoms in total. The molecule has 106 valence electrons. The molecule has 1 aliphatic rings. The largest absolute Gasteiger partial charge is 0.375 e. The Kier molecular flexibility index (Phi) is 5.06. The molecule has 0 radical (unpaired) electrons. The Labute approximate surface area is 120 Å². The number of hydrogen-bond donors (Lipinski definition) is 0. The number of hydrogen-bond acceptors (Lipinski definition) is 3. The maximum absolute atomic E-state index is 6.00. The summed E-state index contributed by atoms with van der Waals surface area (Å²) in [5.41, 5.74) is 2.29. The highest BCUT2D eigenvalue weighted by Crippen LogP contribution is 2.23. The van der Waals surface area contributed by atoms with Gasteiger partial charge in [0.2, 0.25) is 0 Å². The van der Waals surface area contributed by atoms with Crippen molar-refractivity contribution in [3.8, 4) is 0 Å². The van der Waals surface area contributed by atoms with Crippen LogP contribution in [0.3, 0.4) is 0 Å². The van der Waals surface area contributed by atoms with E-state index in [-0.39, 0.29) is 6.10 Å². The molecule has 19 heavy (non-hydrogen) atoms. The summed E-state index contributed by atoms with van der Waals surface area (Å²) in [6.07, 6.45) is 2.37. The molecule has 1 saturated heterocycles. The number of halogens is 1. The monoisotopic (exact) mass is 282 g/mol. The molecular weight excluding hydrogens is 260 g/mol. The highest BCUT2D eigenvalue weighted by atomic mass is 35.5. The molecule has 0 saturated carbocycles. The minimum atomic E-state index is 0.257. The predicted octanol–water partition coefficient (Wildman–Crippen LogP) is 3.39. The Hall–Kier alpha value is -0.800. The molecule has 2 atom stereocenters. The Morgan fingerprint density at radius 1 is 1.42 bits per heavy atom. The van der Waals surface area contributed by atoms with Crippen LogP contribution in [0.5, 0.6) is 0 Å². The third-order valence-electron chi connectivity index (χ3n) is 3.49. The highest BCUT2D eigenvalue weighted by Gasteiger charge is 2.24. The quantitative estimate of drug-likeness (QED) is 0.792. The number of alkyl halides is 1. The van der Waals surface area contributed by atoms with E-state index in [0.717, 1.165) is 43.1 Å². The van der Waals surface area contributed by atoms with E-state index < -0.39 is 0 Å². The molecule has 4 heteroatoms. The lowest BCUT2D eigenvalue weighted by atomic mass is 10.1. The van der Waals surface area contributed by atoms with Crippen LogP contribution in [-0.4, -0.2) is 30.3 Å². The van der Waals surface area contributed by atoms with Crippen molar-refractivity contribution in [3.63, 3.8) is 0 Å². The van der Waals surface area contributed by atoms with E-state index >= 15 is 0 Å². The van der Waals surface area contributed by atoms with Crippen molar-refractivity contribution in [2.75, 3.05) is 18.1 Å². The van der Waals surface area contributed by atoms with Gasteiger partial charge in [-0.2, -0.15) is 0 Å². The van der Waals surface area contributed by atoms with Gasteiger partial charge < -0.3 is 9.64 Å². The molecular formula is C15H23ClN2O. The number of morpholine rings is 1. The first-order chi connectivity index (χ1) is 9.13. The van der Waals surface area contributed by atoms with E-state index in [9.17, 15) is 0 Å². The molecule has 1 fully saturated rings. The van der Waals surface area contributed by atoms with Gasteiger partial charge in [-0.05, 0) is 38.0 Å². The van der Waals surface area contributed by atoms with Gasteiger partial charge in [-0.1, -0.05) is 13.3 Å². The van der Waals surface area contributed by atoms with Crippen molar-refractivity contribution < 1.29 is 4.74 Å². The third kappa shape index (κ3) is 3.61. The summed E-state index contributed by atoms with van der Waals surface area (Å²) < 4.78 is 5.68. The second-order valence-electron chi connectivity index (χ2n) is 5.35. The molecule has 1 aromatic heterocycles. The minimum Gasteiger partial charge on any atom is -0.375 e. The first-order valence-electron chi connectivity index (χ1n) is 7.08. The maximum Gasteiger partial charge on any atom is 0.129 e. The fourth-order valence-electron chi connectivity index (χ4n) is 2.46. The van der Waals surface area contributed by atoms with Gasteiger partial charge in [0.1, 0.15) is 5.82 Å². The Balaban J connectivity index is 2.28. The normalized spacial score (nSPS) is 23.7. The molecule has 1 aromatic rings. The summed E-state index contributed by atoms with van der Waals surface area (Å²) in [5, 5.41) is 0. The van der Waals surface area contributed by atoms with Crippen LogP contribution in [0.4, 0.5) is 5.82 Å². The average Bonchev–Trinajstić information content (AvgIpc) is 2.41. The molecule has 0 spiro atoms. The van der Waals surface area contributed by atoms with Crippen molar-refractivity contribution in [1.82, 2.24) is 4.98 Å². The smallest absolute Gasteiger partial charge is 0.129 e. The standard InChI is InChI=1S/C15H23ClN2O/c1-4-5-14-6-13(8-16)7-15(17-14)18-9-12(3)19-10-11(18)2/h6-7,11-12H,4-5,8-10H2,1-3H3. The zero-order chi connectivity index (χ0) is 13.8. The minimum absolute atomic E-state index is 0.257. The first-order valence-corrected chi connectivity index (χ1v) is 7.61. The molecule has 2 unspecified atom stereocenters. The van der Waals surface area contributed by atoms with Gasteiger partial charge in [0.25, 0.3) is 0 Å². The molecule has 0 amide bonds. The van der Waals surface area contributed by atoms with Crippen molar-refractivity contribution in [2.24, 2.45) is 0 Å². The van der Waals surface area contributed by atoms with Crippen LogP contribution in [0.2, 0.25) is 0 Å². The lowest BCUT2D eigenvalue weighted by molar-refractivity contribution is 0.0340. The van der Waals surface area contributed by atoms with E-state index in [1.807, 2.05) is 0 Å². The fourth-order valence-corrected chi connectivity index (χ4v) is 2.62. The van der Waals surface area contributed by atoms with Crippen LogP contribution >= 0.6 is 11.6 Å². The summed E-state index contributed by atoms with van der Waals surface area (Å²) in [4.78, 5) is 7.13. The fraction of sp³-hybridized carbons (Fsp3) is 0.667. The lowest BCUT2D eigenvalue weighted by Crippen LogP contribution is -2.47. The Morgan fingerprint density at radius 3 is 2.89 bits per heavy atom. The van der Waals surface area contributed by atoms with Gasteiger partial charge >= 0.3 is 0 Å². The molecule has 2 rings (SSSR count). The number of aryl methyl sites for hydroxylation is 1. The zero-order valence-corrected chi connectivity index (χ0v) is 12.8. The van der Waals surface area contributed by atoms with Gasteiger partial charge in [0.05, 0.1) is 18.8 Å². The van der Waals surface area contributed by atoms with Crippen LogP contribution in [0.1, 0.15) is 38.4 Å². The van der Waals surface area contributed by atoms with E-state index in [1.165, 1.54) is 0 Å². The average molecular weight is 283 g/mol.